The maximum Gasteiger partial charge on any atom is 0.326 e. The second kappa shape index (κ2) is 11.3. The number of hydrogen-bond donors (Lipinski definition) is 1. The first kappa shape index (κ1) is 26.5. The number of carbonyl (C=O) groups is 2. The average molecular weight is 553 g/mol. The van der Waals surface area contributed by atoms with Crippen molar-refractivity contribution < 1.29 is 18.7 Å². The maximum absolute atomic E-state index is 14.3. The summed E-state index contributed by atoms with van der Waals surface area (Å²) in [4.78, 5) is 47.4. The number of nitroso groups, excluding NO2 is 1. The molecule has 39 heavy (non-hydrogen) atoms. The minimum Gasteiger partial charge on any atom is -0.486 e. The van der Waals surface area contributed by atoms with Crippen molar-refractivity contribution in [2.75, 3.05) is 34.8 Å². The molecule has 3 heterocycles. The largest absolute Gasteiger partial charge is 0.486 e. The smallest absolute Gasteiger partial charge is 0.326 e. The Morgan fingerprint density at radius 1 is 1.15 bits per heavy atom. The van der Waals surface area contributed by atoms with Gasteiger partial charge in [-0.2, -0.15) is 0 Å². The summed E-state index contributed by atoms with van der Waals surface area (Å²) in [6.07, 6.45) is 4.76. The summed E-state index contributed by atoms with van der Waals surface area (Å²) < 4.78 is 20.4. The molecule has 3 aromatic rings. The second-order valence-corrected chi connectivity index (χ2v) is 9.99. The van der Waals surface area contributed by atoms with E-state index < -0.39 is 17.8 Å². The monoisotopic (exact) mass is 552 g/mol. The maximum atomic E-state index is 14.3. The number of nitrogens with one attached hydrogen (secondary N) is 1. The van der Waals surface area contributed by atoms with E-state index in [0.717, 1.165) is 23.6 Å². The summed E-state index contributed by atoms with van der Waals surface area (Å²) in [7, 11) is 0. The molecule has 0 bridgehead atoms. The number of ether oxygens (including phenoxy) is 1. The zero-order chi connectivity index (χ0) is 27.5. The number of aromatic nitrogens is 2. The average Bonchev–Trinajstić information content (AvgIpc) is 3.41. The highest BCUT2D eigenvalue weighted by Crippen LogP contribution is 2.38. The van der Waals surface area contributed by atoms with Crippen LogP contribution < -0.4 is 19.9 Å². The number of hydrogen-bond acceptors (Lipinski definition) is 7. The minimum atomic E-state index is -0.633. The van der Waals surface area contributed by atoms with E-state index in [2.05, 4.69) is 20.5 Å². The van der Waals surface area contributed by atoms with Gasteiger partial charge in [0.15, 0.2) is 0 Å². The molecule has 1 saturated heterocycles. The van der Waals surface area contributed by atoms with Gasteiger partial charge < -0.3 is 15.0 Å². The Morgan fingerprint density at radius 2 is 1.95 bits per heavy atom. The molecule has 12 heteroatoms. The van der Waals surface area contributed by atoms with Gasteiger partial charge in [-0.25, -0.2) is 19.2 Å². The summed E-state index contributed by atoms with van der Waals surface area (Å²) in [6, 6.07) is 9.07. The molecular weight excluding hydrogens is 527 g/mol. The van der Waals surface area contributed by atoms with E-state index in [1.54, 1.807) is 23.4 Å². The predicted octanol–water partition coefficient (Wildman–Crippen LogP) is 5.66. The van der Waals surface area contributed by atoms with Crippen molar-refractivity contribution in [3.63, 3.8) is 0 Å². The van der Waals surface area contributed by atoms with Crippen molar-refractivity contribution in [1.29, 1.82) is 0 Å². The molecule has 2 unspecified atom stereocenters. The van der Waals surface area contributed by atoms with Crippen LogP contribution in [0.15, 0.2) is 54.0 Å². The summed E-state index contributed by atoms with van der Waals surface area (Å²) in [6.45, 7) is 3.56. The lowest BCUT2D eigenvalue weighted by Gasteiger charge is -2.34. The van der Waals surface area contributed by atoms with Crippen LogP contribution in [0.1, 0.15) is 26.2 Å². The van der Waals surface area contributed by atoms with E-state index in [4.69, 9.17) is 16.3 Å². The van der Waals surface area contributed by atoms with Crippen LogP contribution in [0.25, 0.3) is 11.1 Å². The van der Waals surface area contributed by atoms with Crippen LogP contribution >= 0.6 is 11.6 Å². The Bertz CT molecular complexity index is 1410. The first-order valence-corrected chi connectivity index (χ1v) is 13.0. The van der Waals surface area contributed by atoms with Gasteiger partial charge in [0, 0.05) is 47.7 Å². The van der Waals surface area contributed by atoms with Crippen molar-refractivity contribution in [2.24, 2.45) is 11.1 Å². The topological polar surface area (TPSA) is 117 Å². The standard InChI is InChI=1S/C27H26ClFN6O4/c1-2-20-15-35(27(37)32-22-5-4-19(28)11-21(22)29)23-6-3-17(10-24(23)39-20)18-12-30-26(31-13-18)34-8-7-16(14-34)9-25(36)33-38/h3-6,10-13,16,20H,2,7-9,14-15H2,1H3,(H,32,37). The number of urea groups is 1. The van der Waals surface area contributed by atoms with E-state index in [1.165, 1.54) is 12.1 Å². The first-order chi connectivity index (χ1) is 18.8. The zero-order valence-corrected chi connectivity index (χ0v) is 21.9. The molecule has 202 valence electrons. The van der Waals surface area contributed by atoms with Gasteiger partial charge in [0.1, 0.15) is 17.7 Å². The number of anilines is 3. The molecule has 1 aromatic heterocycles. The second-order valence-electron chi connectivity index (χ2n) is 9.56. The molecule has 2 atom stereocenters. The molecule has 2 aliphatic heterocycles. The fourth-order valence-corrected chi connectivity index (χ4v) is 4.97. The van der Waals surface area contributed by atoms with E-state index >= 15 is 0 Å². The van der Waals surface area contributed by atoms with E-state index in [1.807, 2.05) is 24.0 Å². The lowest BCUT2D eigenvalue weighted by molar-refractivity contribution is -0.118. The summed E-state index contributed by atoms with van der Waals surface area (Å²) >= 11 is 5.83. The normalized spacial score (nSPS) is 18.3. The lowest BCUT2D eigenvalue weighted by Crippen LogP contribution is -2.45. The number of fused-ring (bicyclic) bond motifs is 1. The van der Waals surface area contributed by atoms with Crippen LogP contribution in [0.5, 0.6) is 5.75 Å². The highest BCUT2D eigenvalue weighted by molar-refractivity contribution is 6.30. The Kier molecular flexibility index (Phi) is 7.69. The van der Waals surface area contributed by atoms with E-state index in [-0.39, 0.29) is 29.2 Å². The summed E-state index contributed by atoms with van der Waals surface area (Å²) in [5, 5.41) is 5.35. The third-order valence-corrected chi connectivity index (χ3v) is 7.14. The molecule has 3 amide bonds. The van der Waals surface area contributed by atoms with Crippen LogP contribution in [-0.2, 0) is 4.79 Å². The highest BCUT2D eigenvalue weighted by Gasteiger charge is 2.30. The number of carbonyl (C=O) groups excluding carboxylic acids is 2. The zero-order valence-electron chi connectivity index (χ0n) is 21.1. The van der Waals surface area contributed by atoms with Crippen molar-refractivity contribution in [3.05, 3.63) is 64.5 Å². The molecule has 0 aliphatic carbocycles. The molecular formula is C27H26ClFN6O4. The number of benzene rings is 2. The number of amides is 3. The van der Waals surface area contributed by atoms with Gasteiger partial charge in [0.2, 0.25) is 5.95 Å². The fourth-order valence-electron chi connectivity index (χ4n) is 4.81. The van der Waals surface area contributed by atoms with Gasteiger partial charge in [0.05, 0.1) is 17.9 Å². The van der Waals surface area contributed by atoms with Gasteiger partial charge >= 0.3 is 6.03 Å². The van der Waals surface area contributed by atoms with Gasteiger partial charge in [-0.15, -0.1) is 4.91 Å². The third-order valence-electron chi connectivity index (χ3n) is 6.91. The molecule has 10 nitrogen and oxygen atoms in total. The fraction of sp³-hybridized carbons (Fsp3) is 0.333. The van der Waals surface area contributed by atoms with Crippen LogP contribution in [-0.4, -0.2) is 47.6 Å². The SMILES string of the molecule is CCC1CN(C(=O)Nc2ccc(Cl)cc2F)c2ccc(-c3cnc(N4CCC(CC(=O)N=O)C4)nc3)cc2O1. The van der Waals surface area contributed by atoms with Gasteiger partial charge in [-0.3, -0.25) is 9.69 Å². The molecule has 1 fully saturated rings. The third kappa shape index (κ3) is 5.83. The Balaban J connectivity index is 1.33. The van der Waals surface area contributed by atoms with Gasteiger partial charge in [-0.1, -0.05) is 24.6 Å². The van der Waals surface area contributed by atoms with Crippen molar-refractivity contribution in [3.8, 4) is 16.9 Å². The summed E-state index contributed by atoms with van der Waals surface area (Å²) in [5.74, 6) is -0.126. The van der Waals surface area contributed by atoms with Crippen LogP contribution in [0.3, 0.4) is 0 Å². The molecule has 0 radical (unpaired) electrons. The molecule has 2 aliphatic rings. The molecule has 5 rings (SSSR count). The van der Waals surface area contributed by atoms with E-state index in [9.17, 15) is 18.9 Å². The first-order valence-electron chi connectivity index (χ1n) is 12.6. The van der Waals surface area contributed by atoms with Crippen LogP contribution in [0, 0.1) is 16.6 Å². The Hall–Kier alpha value is -4.12. The van der Waals surface area contributed by atoms with Gasteiger partial charge in [0.25, 0.3) is 5.91 Å². The van der Waals surface area contributed by atoms with E-state index in [0.29, 0.717) is 43.4 Å². The van der Waals surface area contributed by atoms with Crippen molar-refractivity contribution in [1.82, 2.24) is 9.97 Å². The van der Waals surface area contributed by atoms with Crippen LogP contribution in [0.2, 0.25) is 5.02 Å². The van der Waals surface area contributed by atoms with Crippen LogP contribution in [0.4, 0.5) is 26.5 Å². The van der Waals surface area contributed by atoms with Crippen molar-refractivity contribution >= 4 is 40.9 Å². The summed E-state index contributed by atoms with van der Waals surface area (Å²) in [5.41, 5.74) is 2.17. The quantitative estimate of drug-likeness (QED) is 0.392. The van der Waals surface area contributed by atoms with Gasteiger partial charge in [-0.05, 0) is 54.7 Å². The minimum absolute atomic E-state index is 0.0377. The molecule has 1 N–H and O–H groups in total. The number of nitrogens with zero attached hydrogens (tertiary/aromatic N) is 5. The number of halogens is 2. The molecule has 0 spiro atoms. The number of rotatable bonds is 6. The molecule has 0 saturated carbocycles. The Morgan fingerprint density at radius 3 is 2.67 bits per heavy atom. The Labute approximate surface area is 229 Å². The lowest BCUT2D eigenvalue weighted by atomic mass is 10.1. The highest BCUT2D eigenvalue weighted by atomic mass is 35.5. The molecule has 2 aromatic carbocycles. The van der Waals surface area contributed by atoms with Crippen molar-refractivity contribution in [2.45, 2.75) is 32.3 Å². The predicted molar refractivity (Wildman–Crippen MR) is 146 cm³/mol.